The molecule has 1 N–H and O–H groups in total. The van der Waals surface area contributed by atoms with Crippen LogP contribution in [0, 0.1) is 5.82 Å². The maximum absolute atomic E-state index is 13.1. The minimum absolute atomic E-state index is 0.0790. The zero-order valence-corrected chi connectivity index (χ0v) is 11.1. The summed E-state index contributed by atoms with van der Waals surface area (Å²) in [6.07, 6.45) is 0.885. The van der Waals surface area contributed by atoms with Crippen LogP contribution in [0.25, 0.3) is 0 Å². The van der Waals surface area contributed by atoms with Gasteiger partial charge in [0.25, 0.3) is 0 Å². The molecule has 2 aromatic rings. The van der Waals surface area contributed by atoms with Gasteiger partial charge in [0.1, 0.15) is 28.7 Å². The van der Waals surface area contributed by atoms with Gasteiger partial charge < -0.3 is 9.84 Å². The molecule has 0 aromatic heterocycles. The molecule has 0 saturated heterocycles. The Labute approximate surface area is 116 Å². The summed E-state index contributed by atoms with van der Waals surface area (Å²) in [5.41, 5.74) is 0.611. The highest BCUT2D eigenvalue weighted by molar-refractivity contribution is 5.53. The van der Waals surface area contributed by atoms with Crippen LogP contribution in [0.1, 0.15) is 13.3 Å². The zero-order valence-electron chi connectivity index (χ0n) is 11.1. The Bertz CT molecular complexity index is 615. The van der Waals surface area contributed by atoms with Crippen molar-refractivity contribution < 1.29 is 14.2 Å². The number of ether oxygens (including phenoxy) is 1. The molecule has 2 aromatic carbocycles. The lowest BCUT2D eigenvalue weighted by Gasteiger charge is -2.06. The first kappa shape index (κ1) is 14.0. The van der Waals surface area contributed by atoms with Gasteiger partial charge in [-0.3, -0.25) is 0 Å². The van der Waals surface area contributed by atoms with Crippen LogP contribution in [-0.2, 0) is 0 Å². The van der Waals surface area contributed by atoms with Crippen LogP contribution >= 0.6 is 0 Å². The predicted molar refractivity (Wildman–Crippen MR) is 74.5 cm³/mol. The molecule has 0 unspecified atom stereocenters. The number of halogens is 1. The van der Waals surface area contributed by atoms with E-state index in [1.54, 1.807) is 18.2 Å². The molecule has 4 nitrogen and oxygen atoms in total. The average Bonchev–Trinajstić information content (AvgIpc) is 2.47. The van der Waals surface area contributed by atoms with Gasteiger partial charge in [0, 0.05) is 6.07 Å². The fourth-order valence-corrected chi connectivity index (χ4v) is 1.56. The molecule has 0 fully saturated rings. The van der Waals surface area contributed by atoms with Gasteiger partial charge in [-0.05, 0) is 30.7 Å². The van der Waals surface area contributed by atoms with Gasteiger partial charge in [0.05, 0.1) is 6.61 Å². The number of aromatic hydroxyl groups is 1. The van der Waals surface area contributed by atoms with Crippen LogP contribution in [0.15, 0.2) is 52.7 Å². The summed E-state index contributed by atoms with van der Waals surface area (Å²) in [6, 6.07) is 10.7. The molecule has 0 amide bonds. The number of azo groups is 1. The van der Waals surface area contributed by atoms with Crippen molar-refractivity contribution in [2.75, 3.05) is 6.61 Å². The molecule has 2 rings (SSSR count). The summed E-state index contributed by atoms with van der Waals surface area (Å²) in [6.45, 7) is 2.59. The van der Waals surface area contributed by atoms with Crippen LogP contribution in [0.5, 0.6) is 11.5 Å². The van der Waals surface area contributed by atoms with Crippen molar-refractivity contribution >= 4 is 11.4 Å². The Morgan fingerprint density at radius 1 is 1.10 bits per heavy atom. The van der Waals surface area contributed by atoms with Crippen LogP contribution in [-0.4, -0.2) is 11.7 Å². The third-order valence-corrected chi connectivity index (χ3v) is 2.53. The summed E-state index contributed by atoms with van der Waals surface area (Å²) >= 11 is 0. The first-order chi connectivity index (χ1) is 9.70. The van der Waals surface area contributed by atoms with Crippen molar-refractivity contribution in [2.24, 2.45) is 10.2 Å². The first-order valence-electron chi connectivity index (χ1n) is 6.33. The van der Waals surface area contributed by atoms with E-state index in [-0.39, 0.29) is 11.4 Å². The third-order valence-electron chi connectivity index (χ3n) is 2.53. The lowest BCUT2D eigenvalue weighted by Crippen LogP contribution is -1.94. The van der Waals surface area contributed by atoms with Crippen molar-refractivity contribution in [3.63, 3.8) is 0 Å². The van der Waals surface area contributed by atoms with E-state index < -0.39 is 5.82 Å². The maximum Gasteiger partial charge on any atom is 0.146 e. The molecular weight excluding hydrogens is 259 g/mol. The summed E-state index contributed by atoms with van der Waals surface area (Å²) in [5.74, 6) is 0.00312. The molecule has 104 valence electrons. The number of phenolic OH excluding ortho intramolecular Hbond substituents is 1. The van der Waals surface area contributed by atoms with Crippen molar-refractivity contribution in [1.82, 2.24) is 0 Å². The van der Waals surface area contributed by atoms with Gasteiger partial charge in [-0.2, -0.15) is 0 Å². The molecule has 20 heavy (non-hydrogen) atoms. The van der Waals surface area contributed by atoms with Crippen molar-refractivity contribution in [3.05, 3.63) is 48.3 Å². The molecule has 0 heterocycles. The Morgan fingerprint density at radius 2 is 1.85 bits per heavy atom. The van der Waals surface area contributed by atoms with Crippen LogP contribution < -0.4 is 4.74 Å². The summed E-state index contributed by atoms with van der Waals surface area (Å²) in [4.78, 5) is 0. The highest BCUT2D eigenvalue weighted by Gasteiger charge is 2.04. The number of phenols is 1. The molecule has 0 spiro atoms. The van der Waals surface area contributed by atoms with E-state index in [4.69, 9.17) is 4.74 Å². The van der Waals surface area contributed by atoms with Gasteiger partial charge in [-0.15, -0.1) is 10.2 Å². The van der Waals surface area contributed by atoms with Crippen LogP contribution in [0.2, 0.25) is 0 Å². The minimum Gasteiger partial charge on any atom is -0.506 e. The topological polar surface area (TPSA) is 54.2 Å². The van der Waals surface area contributed by atoms with Gasteiger partial charge in [0.15, 0.2) is 0 Å². The lowest BCUT2D eigenvalue weighted by atomic mass is 10.3. The highest BCUT2D eigenvalue weighted by Crippen LogP contribution is 2.32. The number of benzene rings is 2. The van der Waals surface area contributed by atoms with Crippen molar-refractivity contribution in [1.29, 1.82) is 0 Å². The van der Waals surface area contributed by atoms with Crippen LogP contribution in [0.3, 0.4) is 0 Å². The standard InChI is InChI=1S/C15H15FN2O2/c1-2-9-20-15-6-4-3-5-12(15)17-18-13-10-11(16)7-8-14(13)19/h3-8,10,19H,2,9H2,1H3. The SMILES string of the molecule is CCCOc1ccccc1N=Nc1cc(F)ccc1O. The first-order valence-corrected chi connectivity index (χ1v) is 6.33. The molecule has 0 atom stereocenters. The lowest BCUT2D eigenvalue weighted by molar-refractivity contribution is 0.318. The third kappa shape index (κ3) is 3.54. The zero-order chi connectivity index (χ0) is 14.4. The Morgan fingerprint density at radius 3 is 2.65 bits per heavy atom. The van der Waals surface area contributed by atoms with E-state index in [9.17, 15) is 9.50 Å². The smallest absolute Gasteiger partial charge is 0.146 e. The van der Waals surface area contributed by atoms with Gasteiger partial charge in [0.2, 0.25) is 0 Å². The average molecular weight is 274 g/mol. The molecule has 0 saturated carbocycles. The fraction of sp³-hybridized carbons (Fsp3) is 0.200. The Kier molecular flexibility index (Phi) is 4.65. The van der Waals surface area contributed by atoms with E-state index in [0.717, 1.165) is 18.6 Å². The molecule has 0 bridgehead atoms. The number of hydrogen-bond donors (Lipinski definition) is 1. The quantitative estimate of drug-likeness (QED) is 0.801. The van der Waals surface area contributed by atoms with Crippen LogP contribution in [0.4, 0.5) is 15.8 Å². The number of para-hydroxylation sites is 1. The van der Waals surface area contributed by atoms with E-state index in [2.05, 4.69) is 10.2 Å². The van der Waals surface area contributed by atoms with E-state index >= 15 is 0 Å². The number of hydrogen-bond acceptors (Lipinski definition) is 4. The summed E-state index contributed by atoms with van der Waals surface area (Å²) < 4.78 is 18.6. The molecular formula is C15H15FN2O2. The predicted octanol–water partition coefficient (Wildman–Crippen LogP) is 4.74. The second-order valence-electron chi connectivity index (χ2n) is 4.15. The molecule has 0 aliphatic heterocycles. The molecule has 5 heteroatoms. The van der Waals surface area contributed by atoms with Crippen molar-refractivity contribution in [2.45, 2.75) is 13.3 Å². The second kappa shape index (κ2) is 6.65. The molecule has 0 aliphatic carbocycles. The monoisotopic (exact) mass is 274 g/mol. The Hall–Kier alpha value is -2.43. The van der Waals surface area contributed by atoms with E-state index in [1.165, 1.54) is 6.07 Å². The summed E-state index contributed by atoms with van der Waals surface area (Å²) in [7, 11) is 0. The molecule has 0 radical (unpaired) electrons. The van der Waals surface area contributed by atoms with E-state index in [0.29, 0.717) is 18.0 Å². The fourth-order valence-electron chi connectivity index (χ4n) is 1.56. The minimum atomic E-state index is -0.479. The second-order valence-corrected chi connectivity index (χ2v) is 4.15. The number of nitrogens with zero attached hydrogens (tertiary/aromatic N) is 2. The number of rotatable bonds is 5. The highest BCUT2D eigenvalue weighted by atomic mass is 19.1. The van der Waals surface area contributed by atoms with Crippen molar-refractivity contribution in [3.8, 4) is 11.5 Å². The van der Waals surface area contributed by atoms with Gasteiger partial charge in [-0.25, -0.2) is 4.39 Å². The normalized spacial score (nSPS) is 10.9. The molecule has 0 aliphatic rings. The van der Waals surface area contributed by atoms with Gasteiger partial charge in [-0.1, -0.05) is 19.1 Å². The van der Waals surface area contributed by atoms with Gasteiger partial charge >= 0.3 is 0 Å². The summed E-state index contributed by atoms with van der Waals surface area (Å²) in [5, 5.41) is 17.4. The van der Waals surface area contributed by atoms with E-state index in [1.807, 2.05) is 13.0 Å². The Balaban J connectivity index is 2.24. The largest absolute Gasteiger partial charge is 0.506 e. The maximum atomic E-state index is 13.1.